The number of carbonyl (C=O) groups is 1. The monoisotopic (exact) mass is 352 g/mol. The van der Waals surface area contributed by atoms with Gasteiger partial charge in [-0.3, -0.25) is 0 Å². The van der Waals surface area contributed by atoms with Gasteiger partial charge in [0, 0.05) is 13.2 Å². The molecule has 7 N–H and O–H groups in total. The summed E-state index contributed by atoms with van der Waals surface area (Å²) in [5.41, 5.74) is 18.5. The molecule has 10 heteroatoms. The van der Waals surface area contributed by atoms with Crippen LogP contribution in [0, 0.1) is 0 Å². The van der Waals surface area contributed by atoms with Gasteiger partial charge in [0.2, 0.25) is 5.96 Å². The molecule has 0 amide bonds. The van der Waals surface area contributed by atoms with Crippen molar-refractivity contribution in [1.29, 1.82) is 0 Å². The lowest BCUT2D eigenvalue weighted by molar-refractivity contribution is 0.0691. The predicted molar refractivity (Wildman–Crippen MR) is 98.0 cm³/mol. The third-order valence-electron chi connectivity index (χ3n) is 3.57. The summed E-state index contributed by atoms with van der Waals surface area (Å²) in [5.74, 6) is -1.41. The summed E-state index contributed by atoms with van der Waals surface area (Å²) in [6.45, 7) is 0. The van der Waals surface area contributed by atoms with E-state index >= 15 is 0 Å². The quantitative estimate of drug-likeness (QED) is 0.394. The third kappa shape index (κ3) is 3.15. The first-order valence-corrected chi connectivity index (χ1v) is 7.46. The summed E-state index contributed by atoms with van der Waals surface area (Å²) in [7, 11) is 1.64. The number of nitrogens with zero attached hydrogens (tertiary/aromatic N) is 5. The number of aromatic nitrogens is 3. The predicted octanol–water partition coefficient (Wildman–Crippen LogP) is 0.553. The molecule has 2 aromatic heterocycles. The van der Waals surface area contributed by atoms with Gasteiger partial charge in [-0.15, -0.1) is 0 Å². The number of aromatic carboxylic acids is 1. The van der Waals surface area contributed by atoms with E-state index < -0.39 is 5.97 Å². The number of aryl methyl sites for hydroxylation is 1. The fourth-order valence-corrected chi connectivity index (χ4v) is 2.60. The van der Waals surface area contributed by atoms with Crippen molar-refractivity contribution in [1.82, 2.24) is 14.8 Å². The van der Waals surface area contributed by atoms with Gasteiger partial charge in [0.05, 0.1) is 11.1 Å². The minimum absolute atomic E-state index is 0.0699. The maximum Gasteiger partial charge on any atom is 0.357 e. The van der Waals surface area contributed by atoms with Gasteiger partial charge in [0.1, 0.15) is 0 Å². The van der Waals surface area contributed by atoms with Gasteiger partial charge in [0.15, 0.2) is 17.3 Å². The molecule has 0 bridgehead atoms. The van der Waals surface area contributed by atoms with Crippen LogP contribution in [0.2, 0.25) is 0 Å². The number of guanidine groups is 2. The van der Waals surface area contributed by atoms with Crippen molar-refractivity contribution in [3.05, 3.63) is 42.2 Å². The Morgan fingerprint density at radius 1 is 1.23 bits per heavy atom. The second kappa shape index (κ2) is 6.51. The van der Waals surface area contributed by atoms with Gasteiger partial charge >= 0.3 is 5.97 Å². The topological polar surface area (TPSA) is 171 Å². The number of fused-ring (bicyclic) bond motifs is 1. The Morgan fingerprint density at radius 2 is 2.00 bits per heavy atom. The number of nitrogens with two attached hydrogens (primary N) is 3. The molecular weight excluding hydrogens is 336 g/mol. The van der Waals surface area contributed by atoms with Crippen LogP contribution in [-0.4, -0.2) is 37.8 Å². The molecule has 2 heterocycles. The maximum absolute atomic E-state index is 11.5. The van der Waals surface area contributed by atoms with E-state index in [4.69, 9.17) is 17.2 Å². The van der Waals surface area contributed by atoms with Crippen LogP contribution in [0.3, 0.4) is 0 Å². The van der Waals surface area contributed by atoms with Crippen molar-refractivity contribution in [3.63, 3.8) is 0 Å². The number of hydrogen-bond donors (Lipinski definition) is 4. The van der Waals surface area contributed by atoms with E-state index in [1.807, 2.05) is 6.07 Å². The first kappa shape index (κ1) is 16.9. The van der Waals surface area contributed by atoms with Crippen LogP contribution >= 0.6 is 0 Å². The van der Waals surface area contributed by atoms with Gasteiger partial charge in [-0.05, 0) is 29.3 Å². The van der Waals surface area contributed by atoms with E-state index in [0.717, 1.165) is 5.56 Å². The normalized spacial score (nSPS) is 11.5. The summed E-state index contributed by atoms with van der Waals surface area (Å²) < 4.78 is 1.43. The van der Waals surface area contributed by atoms with Gasteiger partial charge in [0.25, 0.3) is 0 Å². The molecule has 0 aliphatic heterocycles. The van der Waals surface area contributed by atoms with Crippen LogP contribution in [0.4, 0.5) is 5.69 Å². The lowest BCUT2D eigenvalue weighted by Gasteiger charge is -2.05. The Kier molecular flexibility index (Phi) is 4.23. The molecule has 3 rings (SSSR count). The molecule has 0 saturated carbocycles. The summed E-state index contributed by atoms with van der Waals surface area (Å²) in [6.07, 6.45) is 1.59. The first-order valence-electron chi connectivity index (χ1n) is 7.46. The van der Waals surface area contributed by atoms with Gasteiger partial charge < -0.3 is 22.3 Å². The molecule has 0 aliphatic rings. The number of rotatable bonds is 3. The Morgan fingerprint density at radius 3 is 2.69 bits per heavy atom. The minimum atomic E-state index is -1.13. The highest BCUT2D eigenvalue weighted by Gasteiger charge is 2.19. The van der Waals surface area contributed by atoms with Crippen molar-refractivity contribution in [2.24, 2.45) is 34.2 Å². The average Bonchev–Trinajstić information content (AvgIpc) is 2.92. The number of aliphatic imine (C=N–C) groups is 2. The van der Waals surface area contributed by atoms with E-state index in [9.17, 15) is 9.90 Å². The van der Waals surface area contributed by atoms with Crippen LogP contribution in [0.1, 0.15) is 10.5 Å². The van der Waals surface area contributed by atoms with Crippen molar-refractivity contribution in [2.45, 2.75) is 0 Å². The molecule has 0 saturated heterocycles. The van der Waals surface area contributed by atoms with Gasteiger partial charge in [-0.25, -0.2) is 19.5 Å². The molecule has 0 fully saturated rings. The Bertz CT molecular complexity index is 1060. The number of hydrogen-bond acceptors (Lipinski definition) is 4. The number of carboxylic acids is 1. The lowest BCUT2D eigenvalue weighted by Crippen LogP contribution is -2.26. The van der Waals surface area contributed by atoms with E-state index in [-0.39, 0.29) is 17.6 Å². The summed E-state index contributed by atoms with van der Waals surface area (Å²) in [4.78, 5) is 23.6. The molecule has 3 aromatic rings. The molecule has 0 radical (unpaired) electrons. The summed E-state index contributed by atoms with van der Waals surface area (Å²) in [6, 6.07) is 8.77. The van der Waals surface area contributed by atoms with E-state index in [1.165, 1.54) is 4.68 Å². The average molecular weight is 352 g/mol. The van der Waals surface area contributed by atoms with Crippen LogP contribution in [-0.2, 0) is 7.05 Å². The number of pyridine rings is 1. The van der Waals surface area contributed by atoms with Gasteiger partial charge in [-0.1, -0.05) is 12.1 Å². The van der Waals surface area contributed by atoms with Crippen molar-refractivity contribution in [2.75, 3.05) is 0 Å². The fraction of sp³-hybridized carbons (Fsp3) is 0.0625. The standard InChI is InChI=1S/C16H16N8O2/c1-24-13-11(12(23-24)14(25)26)10(5-6-20-13)8-3-2-4-9(7-8)21-16(19)22-15(17)18/h2-7H,1H3,(H,25,26)(H6,17,18,19,21,22). The van der Waals surface area contributed by atoms with E-state index in [1.54, 1.807) is 37.5 Å². The molecule has 0 atom stereocenters. The number of carboxylic acid groups (broad SMARTS) is 1. The molecule has 0 unspecified atom stereocenters. The largest absolute Gasteiger partial charge is 0.476 e. The van der Waals surface area contributed by atoms with Crippen molar-refractivity contribution in [3.8, 4) is 11.1 Å². The van der Waals surface area contributed by atoms with Crippen molar-refractivity contribution < 1.29 is 9.90 Å². The van der Waals surface area contributed by atoms with Crippen LogP contribution in [0.5, 0.6) is 0 Å². The molecule has 1 aromatic carbocycles. The Hall–Kier alpha value is -3.95. The number of benzene rings is 1. The summed E-state index contributed by atoms with van der Waals surface area (Å²) in [5, 5.41) is 13.9. The molecule has 0 aliphatic carbocycles. The SMILES string of the molecule is Cn1nc(C(=O)O)c2c(-c3cccc(N=C(N)N=C(N)N)c3)ccnc21. The zero-order valence-electron chi connectivity index (χ0n) is 13.8. The molecule has 10 nitrogen and oxygen atoms in total. The highest BCUT2D eigenvalue weighted by Crippen LogP contribution is 2.31. The van der Waals surface area contributed by atoms with Gasteiger partial charge in [-0.2, -0.15) is 10.1 Å². The summed E-state index contributed by atoms with van der Waals surface area (Å²) >= 11 is 0. The maximum atomic E-state index is 11.5. The van der Waals surface area contributed by atoms with E-state index in [0.29, 0.717) is 22.3 Å². The smallest absolute Gasteiger partial charge is 0.357 e. The Labute approximate surface area is 147 Å². The second-order valence-corrected chi connectivity index (χ2v) is 5.39. The highest BCUT2D eigenvalue weighted by atomic mass is 16.4. The second-order valence-electron chi connectivity index (χ2n) is 5.39. The first-order chi connectivity index (χ1) is 12.4. The molecule has 0 spiro atoms. The third-order valence-corrected chi connectivity index (χ3v) is 3.57. The molecular formula is C16H16N8O2. The van der Waals surface area contributed by atoms with Crippen molar-refractivity contribution >= 4 is 34.6 Å². The van der Waals surface area contributed by atoms with Crippen LogP contribution in [0.15, 0.2) is 46.5 Å². The Balaban J connectivity index is 2.18. The lowest BCUT2D eigenvalue weighted by atomic mass is 10.0. The van der Waals surface area contributed by atoms with E-state index in [2.05, 4.69) is 20.1 Å². The fourth-order valence-electron chi connectivity index (χ4n) is 2.60. The molecule has 132 valence electrons. The van der Waals surface area contributed by atoms with Crippen LogP contribution < -0.4 is 17.2 Å². The zero-order chi connectivity index (χ0) is 18.8. The minimum Gasteiger partial charge on any atom is -0.476 e. The highest BCUT2D eigenvalue weighted by molar-refractivity contribution is 6.07. The molecule has 26 heavy (non-hydrogen) atoms. The van der Waals surface area contributed by atoms with Crippen LogP contribution in [0.25, 0.3) is 22.2 Å². The zero-order valence-corrected chi connectivity index (χ0v) is 13.8.